The van der Waals surface area contributed by atoms with E-state index in [9.17, 15) is 9.59 Å². The van der Waals surface area contributed by atoms with Gasteiger partial charge >= 0.3 is 5.97 Å². The molecule has 0 fully saturated rings. The van der Waals surface area contributed by atoms with E-state index in [2.05, 4.69) is 15.6 Å². The maximum Gasteiger partial charge on any atom is 0.325 e. The zero-order chi connectivity index (χ0) is 17.5. The van der Waals surface area contributed by atoms with Crippen LogP contribution in [-0.2, 0) is 16.0 Å². The molecule has 0 radical (unpaired) electrons. The van der Waals surface area contributed by atoms with Gasteiger partial charge in [0.25, 0.3) is 5.91 Å². The van der Waals surface area contributed by atoms with Gasteiger partial charge in [-0.1, -0.05) is 18.2 Å². The number of aliphatic carboxylic acids is 1. The lowest BCUT2D eigenvalue weighted by atomic mass is 10.1. The quantitative estimate of drug-likeness (QED) is 0.347. The molecule has 7 heteroatoms. The SMILES string of the molecule is CC(NC(=O)/C(C#N)=C\NCCc1c[nH]c2ccccc12)C(=O)O. The van der Waals surface area contributed by atoms with Crippen LogP contribution in [0.5, 0.6) is 0 Å². The molecular formula is C17H18N4O3. The summed E-state index contributed by atoms with van der Waals surface area (Å²) in [5.41, 5.74) is 2.03. The smallest absolute Gasteiger partial charge is 0.325 e. The van der Waals surface area contributed by atoms with E-state index < -0.39 is 17.9 Å². The molecule has 2 aromatic rings. The third-order valence-electron chi connectivity index (χ3n) is 3.54. The average molecular weight is 326 g/mol. The number of carboxylic acid groups (broad SMARTS) is 1. The summed E-state index contributed by atoms with van der Waals surface area (Å²) < 4.78 is 0. The maximum atomic E-state index is 11.8. The Labute approximate surface area is 139 Å². The Balaban J connectivity index is 1.91. The molecular weight excluding hydrogens is 308 g/mol. The van der Waals surface area contributed by atoms with Crippen molar-refractivity contribution in [1.29, 1.82) is 5.26 Å². The lowest BCUT2D eigenvalue weighted by Gasteiger charge is -2.08. The van der Waals surface area contributed by atoms with Gasteiger partial charge in [-0.3, -0.25) is 9.59 Å². The second kappa shape index (κ2) is 7.83. The minimum absolute atomic E-state index is 0.165. The molecule has 0 saturated carbocycles. The molecule has 1 amide bonds. The van der Waals surface area contributed by atoms with Crippen molar-refractivity contribution in [3.63, 3.8) is 0 Å². The summed E-state index contributed by atoms with van der Waals surface area (Å²) in [6.45, 7) is 1.87. The number of hydrogen-bond donors (Lipinski definition) is 4. The number of hydrogen-bond acceptors (Lipinski definition) is 4. The number of amides is 1. The highest BCUT2D eigenvalue weighted by Crippen LogP contribution is 2.17. The fourth-order valence-corrected chi connectivity index (χ4v) is 2.20. The monoisotopic (exact) mass is 326 g/mol. The van der Waals surface area contributed by atoms with Gasteiger partial charge in [0.2, 0.25) is 0 Å². The van der Waals surface area contributed by atoms with Gasteiger partial charge in [-0.25, -0.2) is 0 Å². The Morgan fingerprint density at radius 3 is 2.88 bits per heavy atom. The fourth-order valence-electron chi connectivity index (χ4n) is 2.20. The third-order valence-corrected chi connectivity index (χ3v) is 3.54. The van der Waals surface area contributed by atoms with Gasteiger partial charge in [0.15, 0.2) is 0 Å². The molecule has 0 spiro atoms. The van der Waals surface area contributed by atoms with Gasteiger partial charge in [0, 0.05) is 29.8 Å². The van der Waals surface area contributed by atoms with Gasteiger partial charge in [-0.2, -0.15) is 5.26 Å². The third kappa shape index (κ3) is 4.14. The molecule has 7 nitrogen and oxygen atoms in total. The zero-order valence-electron chi connectivity index (χ0n) is 13.2. The van der Waals surface area contributed by atoms with Gasteiger partial charge in [0.05, 0.1) is 0 Å². The average Bonchev–Trinajstić information content (AvgIpc) is 2.98. The molecule has 0 aliphatic carbocycles. The number of nitrogens with one attached hydrogen (secondary N) is 3. The number of para-hydroxylation sites is 1. The summed E-state index contributed by atoms with van der Waals surface area (Å²) in [4.78, 5) is 25.7. The fraction of sp³-hybridized carbons (Fsp3) is 0.235. The van der Waals surface area contributed by atoms with Crippen LogP contribution in [0.3, 0.4) is 0 Å². The molecule has 0 aliphatic heterocycles. The molecule has 1 aromatic heterocycles. The van der Waals surface area contributed by atoms with E-state index in [1.54, 1.807) is 6.07 Å². The molecule has 2 rings (SSSR count). The highest BCUT2D eigenvalue weighted by molar-refractivity contribution is 5.99. The highest BCUT2D eigenvalue weighted by atomic mass is 16.4. The van der Waals surface area contributed by atoms with Crippen LogP contribution < -0.4 is 10.6 Å². The van der Waals surface area contributed by atoms with E-state index in [-0.39, 0.29) is 5.57 Å². The zero-order valence-corrected chi connectivity index (χ0v) is 13.2. The predicted octanol–water partition coefficient (Wildman–Crippen LogP) is 1.30. The van der Waals surface area contributed by atoms with Crippen molar-refractivity contribution in [3.8, 4) is 6.07 Å². The molecule has 124 valence electrons. The van der Waals surface area contributed by atoms with Gasteiger partial charge < -0.3 is 20.7 Å². The number of carbonyl (C=O) groups is 2. The standard InChI is InChI=1S/C17H18N4O3/c1-11(17(23)24)21-16(22)13(8-18)9-19-7-6-12-10-20-15-5-3-2-4-14(12)15/h2-5,9-11,19-20H,6-7H2,1H3,(H,21,22)(H,23,24)/b13-9-. The number of carbonyl (C=O) groups excluding carboxylic acids is 1. The van der Waals surface area contributed by atoms with Crippen LogP contribution in [0.4, 0.5) is 0 Å². The number of nitrogens with zero attached hydrogens (tertiary/aromatic N) is 1. The molecule has 24 heavy (non-hydrogen) atoms. The van der Waals surface area contributed by atoms with Crippen LogP contribution in [0.25, 0.3) is 10.9 Å². The van der Waals surface area contributed by atoms with E-state index in [0.717, 1.165) is 16.5 Å². The van der Waals surface area contributed by atoms with E-state index in [1.165, 1.54) is 13.1 Å². The number of fused-ring (bicyclic) bond motifs is 1. The summed E-state index contributed by atoms with van der Waals surface area (Å²) in [6, 6.07) is 8.65. The first kappa shape index (κ1) is 17.1. The van der Waals surface area contributed by atoms with Crippen molar-refractivity contribution in [2.24, 2.45) is 0 Å². The highest BCUT2D eigenvalue weighted by Gasteiger charge is 2.16. The minimum Gasteiger partial charge on any atom is -0.480 e. The van der Waals surface area contributed by atoms with Crippen LogP contribution in [0.15, 0.2) is 42.2 Å². The lowest BCUT2D eigenvalue weighted by molar-refractivity contribution is -0.140. The molecule has 1 unspecified atom stereocenters. The van der Waals surface area contributed by atoms with Crippen molar-refractivity contribution in [2.45, 2.75) is 19.4 Å². The second-order valence-corrected chi connectivity index (χ2v) is 5.27. The molecule has 0 saturated heterocycles. The molecule has 1 aromatic carbocycles. The number of benzene rings is 1. The van der Waals surface area contributed by atoms with Crippen molar-refractivity contribution >= 4 is 22.8 Å². The minimum atomic E-state index is -1.16. The van der Waals surface area contributed by atoms with Crippen molar-refractivity contribution < 1.29 is 14.7 Å². The van der Waals surface area contributed by atoms with E-state index in [0.29, 0.717) is 13.0 Å². The Morgan fingerprint density at radius 2 is 2.17 bits per heavy atom. The van der Waals surface area contributed by atoms with Crippen molar-refractivity contribution in [3.05, 3.63) is 47.8 Å². The van der Waals surface area contributed by atoms with Crippen LogP contribution in [0, 0.1) is 11.3 Å². The summed E-state index contributed by atoms with van der Waals surface area (Å²) >= 11 is 0. The lowest BCUT2D eigenvalue weighted by Crippen LogP contribution is -2.39. The number of nitriles is 1. The van der Waals surface area contributed by atoms with E-state index in [1.807, 2.05) is 30.5 Å². The first-order chi connectivity index (χ1) is 11.5. The first-order valence-electron chi connectivity index (χ1n) is 7.45. The van der Waals surface area contributed by atoms with Crippen molar-refractivity contribution in [2.75, 3.05) is 6.54 Å². The Bertz CT molecular complexity index is 817. The van der Waals surface area contributed by atoms with Gasteiger partial charge in [0.1, 0.15) is 17.7 Å². The van der Waals surface area contributed by atoms with Crippen molar-refractivity contribution in [1.82, 2.24) is 15.6 Å². The predicted molar refractivity (Wildman–Crippen MR) is 88.9 cm³/mol. The molecule has 0 bridgehead atoms. The number of H-pyrrole nitrogens is 1. The van der Waals surface area contributed by atoms with E-state index >= 15 is 0 Å². The van der Waals surface area contributed by atoms with Gasteiger partial charge in [-0.15, -0.1) is 0 Å². The molecule has 0 aliphatic rings. The van der Waals surface area contributed by atoms with Gasteiger partial charge in [-0.05, 0) is 25.0 Å². The van der Waals surface area contributed by atoms with E-state index in [4.69, 9.17) is 10.4 Å². The summed E-state index contributed by atoms with van der Waals surface area (Å²) in [5, 5.41) is 24.0. The number of rotatable bonds is 7. The van der Waals surface area contributed by atoms with Crippen LogP contribution >= 0.6 is 0 Å². The summed E-state index contributed by atoms with van der Waals surface area (Å²) in [5.74, 6) is -1.88. The van der Waals surface area contributed by atoms with Crippen LogP contribution in [0.1, 0.15) is 12.5 Å². The molecule has 4 N–H and O–H groups in total. The summed E-state index contributed by atoms with van der Waals surface area (Å²) in [6.07, 6.45) is 3.95. The Morgan fingerprint density at radius 1 is 1.42 bits per heavy atom. The number of carboxylic acids is 1. The Hall–Kier alpha value is -3.27. The number of aromatic amines is 1. The van der Waals surface area contributed by atoms with Crippen LogP contribution in [-0.4, -0.2) is 34.6 Å². The number of aromatic nitrogens is 1. The molecule has 1 atom stereocenters. The maximum absolute atomic E-state index is 11.8. The second-order valence-electron chi connectivity index (χ2n) is 5.27. The molecule has 1 heterocycles. The largest absolute Gasteiger partial charge is 0.480 e. The normalized spacial score (nSPS) is 12.4. The van der Waals surface area contributed by atoms with Crippen LogP contribution in [0.2, 0.25) is 0 Å². The summed E-state index contributed by atoms with van der Waals surface area (Å²) in [7, 11) is 0. The topological polar surface area (TPSA) is 118 Å². The first-order valence-corrected chi connectivity index (χ1v) is 7.45. The Kier molecular flexibility index (Phi) is 5.58.